The first-order chi connectivity index (χ1) is 20.1. The van der Waals surface area contributed by atoms with Crippen LogP contribution in [0.3, 0.4) is 0 Å². The van der Waals surface area contributed by atoms with Gasteiger partial charge in [-0.15, -0.1) is 0 Å². The summed E-state index contributed by atoms with van der Waals surface area (Å²) in [5, 5.41) is 11.3. The predicted molar refractivity (Wildman–Crippen MR) is 155 cm³/mol. The molecule has 4 fully saturated rings. The molecule has 12 nitrogen and oxygen atoms in total. The first-order valence-electron chi connectivity index (χ1n) is 15.3. The van der Waals surface area contributed by atoms with Crippen molar-refractivity contribution < 1.29 is 38.1 Å². The van der Waals surface area contributed by atoms with Crippen LogP contribution in [0.15, 0.2) is 11.6 Å². The minimum Gasteiger partial charge on any atom is -0.447 e. The van der Waals surface area contributed by atoms with Gasteiger partial charge in [0.2, 0.25) is 5.91 Å². The van der Waals surface area contributed by atoms with E-state index < -0.39 is 29.4 Å². The van der Waals surface area contributed by atoms with Crippen molar-refractivity contribution in [3.63, 3.8) is 0 Å². The van der Waals surface area contributed by atoms with Crippen molar-refractivity contribution >= 4 is 18.1 Å². The van der Waals surface area contributed by atoms with Gasteiger partial charge in [0.1, 0.15) is 30.0 Å². The quantitative estimate of drug-likeness (QED) is 0.135. The molecule has 2 saturated carbocycles. The lowest BCUT2D eigenvalue weighted by Crippen LogP contribution is -2.57. The van der Waals surface area contributed by atoms with E-state index in [1.165, 1.54) is 5.57 Å². The van der Waals surface area contributed by atoms with Gasteiger partial charge in [-0.3, -0.25) is 4.79 Å². The minimum atomic E-state index is -0.673. The molecule has 238 valence electrons. The van der Waals surface area contributed by atoms with Crippen molar-refractivity contribution in [3.05, 3.63) is 11.6 Å². The maximum absolute atomic E-state index is 13.3. The Hall–Kier alpha value is -2.41. The number of alkyl carbamates (subject to hydrolysis) is 2. The van der Waals surface area contributed by atoms with E-state index in [1.54, 1.807) is 14.2 Å². The number of carbonyl (C=O) groups excluding carboxylic acids is 3. The molecule has 2 aliphatic heterocycles. The molecular formula is C30H50N4O8. The maximum Gasteiger partial charge on any atom is 0.408 e. The van der Waals surface area contributed by atoms with Crippen LogP contribution in [-0.4, -0.2) is 100 Å². The molecule has 0 aromatic carbocycles. The molecule has 0 radical (unpaired) electrons. The largest absolute Gasteiger partial charge is 0.447 e. The number of hydrogen-bond acceptors (Lipinski definition) is 9. The first-order valence-corrected chi connectivity index (χ1v) is 15.3. The van der Waals surface area contributed by atoms with E-state index in [9.17, 15) is 14.4 Å². The van der Waals surface area contributed by atoms with Crippen LogP contribution < -0.4 is 21.3 Å². The number of rotatable bonds is 14. The van der Waals surface area contributed by atoms with Crippen LogP contribution in [-0.2, 0) is 28.5 Å². The third-order valence-electron chi connectivity index (χ3n) is 9.19. The van der Waals surface area contributed by atoms with Crippen LogP contribution in [0.2, 0.25) is 0 Å². The fraction of sp³-hybridized carbons (Fsp3) is 0.833. The van der Waals surface area contributed by atoms with Gasteiger partial charge < -0.3 is 45.0 Å². The second kappa shape index (κ2) is 13.9. The highest BCUT2D eigenvalue weighted by molar-refractivity contribution is 5.77. The van der Waals surface area contributed by atoms with E-state index in [0.717, 1.165) is 25.7 Å². The molecule has 12 heteroatoms. The van der Waals surface area contributed by atoms with Gasteiger partial charge in [-0.05, 0) is 66.3 Å². The smallest absolute Gasteiger partial charge is 0.408 e. The average Bonchev–Trinajstić information content (AvgIpc) is 3.81. The molecule has 4 unspecified atom stereocenters. The molecule has 6 atom stereocenters. The summed E-state index contributed by atoms with van der Waals surface area (Å²) in [6.07, 6.45) is 6.44. The second-order valence-electron chi connectivity index (χ2n) is 12.7. The Kier molecular flexibility index (Phi) is 10.8. The number of ether oxygens (including phenoxy) is 5. The number of allylic oxidation sites excluding steroid dienone is 1. The third kappa shape index (κ3) is 7.94. The Morgan fingerprint density at radius 1 is 1.05 bits per heavy atom. The van der Waals surface area contributed by atoms with Crippen LogP contribution >= 0.6 is 0 Å². The van der Waals surface area contributed by atoms with Crippen molar-refractivity contribution in [3.8, 4) is 0 Å². The summed E-state index contributed by atoms with van der Waals surface area (Å²) in [5.41, 5.74) is -0.123. The molecule has 2 heterocycles. The van der Waals surface area contributed by atoms with Crippen molar-refractivity contribution in [1.82, 2.24) is 21.3 Å². The molecule has 42 heavy (non-hydrogen) atoms. The number of nitrogens with one attached hydrogen (secondary N) is 4. The molecule has 0 bridgehead atoms. The molecule has 2 aliphatic carbocycles. The Labute approximate surface area is 249 Å². The van der Waals surface area contributed by atoms with Gasteiger partial charge in [-0.1, -0.05) is 24.5 Å². The van der Waals surface area contributed by atoms with Crippen molar-refractivity contribution in [2.24, 2.45) is 5.92 Å². The Morgan fingerprint density at radius 2 is 1.76 bits per heavy atom. The Morgan fingerprint density at radius 3 is 2.40 bits per heavy atom. The van der Waals surface area contributed by atoms with Crippen LogP contribution in [0.25, 0.3) is 0 Å². The standard InChI is InChI=1S/C30H50N4O8/c1-20(2)9-10-22-28(3,42-22)25-24(38-5)21(11-14-30(25)19-40-30)41-27(37)34-29(12-6-7-13-29)18-39-26(36)33-16-8-15-32-23(35)17-31-4/h9,21-22,24-25,31H,6-8,10-19H2,1-5H3,(H,32,35)(H,33,36)(H,34,37)/t21?,22-,24?,25?,28?,30+/m1/s1. The highest BCUT2D eigenvalue weighted by Crippen LogP contribution is 2.59. The lowest BCUT2D eigenvalue weighted by atomic mass is 9.68. The minimum absolute atomic E-state index is 0.0544. The van der Waals surface area contributed by atoms with E-state index >= 15 is 0 Å². The van der Waals surface area contributed by atoms with Crippen LogP contribution in [0.4, 0.5) is 9.59 Å². The SMILES string of the molecule is CNCC(=O)NCCCNC(=O)OCC1(NC(=O)OC2CC[C@]3(CO3)C(C3(C)O[C@@H]3CC=C(C)C)C2OC)CCCC1. The fourth-order valence-corrected chi connectivity index (χ4v) is 6.80. The number of hydrogen-bond donors (Lipinski definition) is 4. The molecular weight excluding hydrogens is 544 g/mol. The van der Waals surface area contributed by atoms with E-state index in [0.29, 0.717) is 45.4 Å². The normalized spacial score (nSPS) is 32.5. The summed E-state index contributed by atoms with van der Waals surface area (Å²) in [5.74, 6) is -0.151. The number of epoxide rings is 2. The number of amides is 3. The van der Waals surface area contributed by atoms with Gasteiger partial charge in [0, 0.05) is 20.2 Å². The van der Waals surface area contributed by atoms with Crippen molar-refractivity contribution in [2.45, 2.75) is 107 Å². The molecule has 2 saturated heterocycles. The van der Waals surface area contributed by atoms with Crippen molar-refractivity contribution in [1.29, 1.82) is 0 Å². The van der Waals surface area contributed by atoms with Crippen LogP contribution in [0.5, 0.6) is 0 Å². The highest BCUT2D eigenvalue weighted by Gasteiger charge is 2.72. The lowest BCUT2D eigenvalue weighted by Gasteiger charge is -2.43. The van der Waals surface area contributed by atoms with Gasteiger partial charge >= 0.3 is 12.2 Å². The van der Waals surface area contributed by atoms with E-state index in [4.69, 9.17) is 23.7 Å². The monoisotopic (exact) mass is 594 g/mol. The zero-order chi connectivity index (χ0) is 30.4. The molecule has 0 aromatic rings. The summed E-state index contributed by atoms with van der Waals surface area (Å²) in [4.78, 5) is 37.1. The number of carbonyl (C=O) groups is 3. The molecule has 1 spiro atoms. The molecule has 4 aliphatic rings. The van der Waals surface area contributed by atoms with Gasteiger partial charge in [0.15, 0.2) is 0 Å². The second-order valence-corrected chi connectivity index (χ2v) is 12.7. The van der Waals surface area contributed by atoms with E-state index in [1.807, 2.05) is 0 Å². The van der Waals surface area contributed by atoms with Gasteiger partial charge in [-0.25, -0.2) is 9.59 Å². The predicted octanol–water partition coefficient (Wildman–Crippen LogP) is 2.55. The lowest BCUT2D eigenvalue weighted by molar-refractivity contribution is -0.120. The zero-order valence-electron chi connectivity index (χ0n) is 25.8. The average molecular weight is 595 g/mol. The molecule has 3 amide bonds. The maximum atomic E-state index is 13.3. The summed E-state index contributed by atoms with van der Waals surface area (Å²) >= 11 is 0. The topological polar surface area (TPSA) is 152 Å². The molecule has 4 rings (SSSR count). The van der Waals surface area contributed by atoms with E-state index in [2.05, 4.69) is 48.1 Å². The Balaban J connectivity index is 1.27. The Bertz CT molecular complexity index is 992. The summed E-state index contributed by atoms with van der Waals surface area (Å²) < 4.78 is 29.8. The van der Waals surface area contributed by atoms with Crippen molar-refractivity contribution in [2.75, 3.05) is 47.0 Å². The molecule has 4 N–H and O–H groups in total. The highest BCUT2D eigenvalue weighted by atomic mass is 16.6. The van der Waals surface area contributed by atoms with Crippen LogP contribution in [0.1, 0.15) is 72.1 Å². The first kappa shape index (κ1) is 32.5. The molecule has 0 aromatic heterocycles. The zero-order valence-corrected chi connectivity index (χ0v) is 25.8. The van der Waals surface area contributed by atoms with Gasteiger partial charge in [0.05, 0.1) is 30.7 Å². The summed E-state index contributed by atoms with van der Waals surface area (Å²) in [6, 6.07) is 0. The van der Waals surface area contributed by atoms with Gasteiger partial charge in [0.25, 0.3) is 0 Å². The number of methoxy groups -OCH3 is 1. The van der Waals surface area contributed by atoms with E-state index in [-0.39, 0.29) is 42.8 Å². The third-order valence-corrected chi connectivity index (χ3v) is 9.19. The summed E-state index contributed by atoms with van der Waals surface area (Å²) in [6.45, 7) is 8.08. The fourth-order valence-electron chi connectivity index (χ4n) is 6.80. The summed E-state index contributed by atoms with van der Waals surface area (Å²) in [7, 11) is 3.36. The van der Waals surface area contributed by atoms with Gasteiger partial charge in [-0.2, -0.15) is 0 Å². The van der Waals surface area contributed by atoms with Crippen LogP contribution in [0, 0.1) is 5.92 Å². The number of likely N-dealkylation sites (N-methyl/N-ethyl adjacent to an activating group) is 1.